The SMILES string of the molecule is CC[C@@H](Oc1ccc(N(C)S(C)(=O)=O)cc1)C(=O)Nc1ccccc1F. The van der Waals surface area contributed by atoms with Crippen molar-refractivity contribution in [2.45, 2.75) is 19.4 Å². The summed E-state index contributed by atoms with van der Waals surface area (Å²) in [7, 11) is -1.91. The summed E-state index contributed by atoms with van der Waals surface area (Å²) in [4.78, 5) is 12.3. The van der Waals surface area contributed by atoms with Crippen LogP contribution in [-0.2, 0) is 14.8 Å². The number of hydrogen-bond acceptors (Lipinski definition) is 4. The number of ether oxygens (including phenoxy) is 1. The molecule has 140 valence electrons. The van der Waals surface area contributed by atoms with E-state index in [4.69, 9.17) is 4.74 Å². The Labute approximate surface area is 152 Å². The van der Waals surface area contributed by atoms with Gasteiger partial charge in [0.05, 0.1) is 17.6 Å². The highest BCUT2D eigenvalue weighted by atomic mass is 32.2. The zero-order chi connectivity index (χ0) is 19.3. The van der Waals surface area contributed by atoms with E-state index >= 15 is 0 Å². The summed E-state index contributed by atoms with van der Waals surface area (Å²) in [6, 6.07) is 12.2. The summed E-state index contributed by atoms with van der Waals surface area (Å²) >= 11 is 0. The first kappa shape index (κ1) is 19.7. The van der Waals surface area contributed by atoms with Crippen LogP contribution in [0.2, 0.25) is 0 Å². The van der Waals surface area contributed by atoms with Crippen molar-refractivity contribution in [2.24, 2.45) is 0 Å². The fourth-order valence-electron chi connectivity index (χ4n) is 2.19. The summed E-state index contributed by atoms with van der Waals surface area (Å²) in [5.41, 5.74) is 0.563. The Bertz CT molecular complexity index is 869. The molecule has 2 aromatic carbocycles. The minimum atomic E-state index is -3.36. The van der Waals surface area contributed by atoms with Gasteiger partial charge in [-0.25, -0.2) is 12.8 Å². The van der Waals surface area contributed by atoms with E-state index in [1.54, 1.807) is 37.3 Å². The molecule has 0 aliphatic heterocycles. The quantitative estimate of drug-likeness (QED) is 0.801. The zero-order valence-electron chi connectivity index (χ0n) is 14.8. The van der Waals surface area contributed by atoms with E-state index in [0.29, 0.717) is 17.9 Å². The molecule has 1 amide bonds. The zero-order valence-corrected chi connectivity index (χ0v) is 15.6. The molecule has 26 heavy (non-hydrogen) atoms. The number of halogens is 1. The maximum Gasteiger partial charge on any atom is 0.265 e. The minimum Gasteiger partial charge on any atom is -0.481 e. The maximum absolute atomic E-state index is 13.7. The first-order valence-corrected chi connectivity index (χ1v) is 9.83. The Hall–Kier alpha value is -2.61. The topological polar surface area (TPSA) is 75.7 Å². The Morgan fingerprint density at radius 1 is 1.19 bits per heavy atom. The van der Waals surface area contributed by atoms with Crippen LogP contribution in [0.25, 0.3) is 0 Å². The molecule has 0 unspecified atom stereocenters. The third-order valence-electron chi connectivity index (χ3n) is 3.77. The van der Waals surface area contributed by atoms with E-state index < -0.39 is 27.9 Å². The number of anilines is 2. The van der Waals surface area contributed by atoms with Crippen molar-refractivity contribution >= 4 is 27.3 Å². The second kappa shape index (κ2) is 8.18. The van der Waals surface area contributed by atoms with Gasteiger partial charge in [-0.15, -0.1) is 0 Å². The van der Waals surface area contributed by atoms with Gasteiger partial charge in [0.1, 0.15) is 11.6 Å². The summed E-state index contributed by atoms with van der Waals surface area (Å²) in [6.45, 7) is 1.78. The maximum atomic E-state index is 13.7. The van der Waals surface area contributed by atoms with Gasteiger partial charge in [0.15, 0.2) is 6.10 Å². The van der Waals surface area contributed by atoms with Gasteiger partial charge in [-0.3, -0.25) is 9.10 Å². The lowest BCUT2D eigenvalue weighted by Gasteiger charge is -2.19. The molecule has 0 saturated carbocycles. The van der Waals surface area contributed by atoms with Crippen LogP contribution in [0.3, 0.4) is 0 Å². The lowest BCUT2D eigenvalue weighted by atomic mass is 10.2. The van der Waals surface area contributed by atoms with E-state index in [2.05, 4.69) is 5.32 Å². The predicted molar refractivity (Wildman–Crippen MR) is 99.4 cm³/mol. The molecule has 0 saturated heterocycles. The number of amides is 1. The molecule has 2 aromatic rings. The molecule has 0 aliphatic carbocycles. The summed E-state index contributed by atoms with van der Waals surface area (Å²) in [5.74, 6) is -0.579. The molecule has 0 heterocycles. The standard InChI is InChI=1S/C18H21FN2O4S/c1-4-17(18(22)20-16-8-6-5-7-15(16)19)25-14-11-9-13(10-12-14)21(2)26(3,23)24/h5-12,17H,4H2,1-3H3,(H,20,22)/t17-/m1/s1. The number of para-hydroxylation sites is 1. The van der Waals surface area contributed by atoms with Crippen molar-refractivity contribution in [1.82, 2.24) is 0 Å². The number of rotatable bonds is 7. The minimum absolute atomic E-state index is 0.0877. The van der Waals surface area contributed by atoms with Gasteiger partial charge < -0.3 is 10.1 Å². The van der Waals surface area contributed by atoms with E-state index in [-0.39, 0.29) is 5.69 Å². The summed E-state index contributed by atoms with van der Waals surface area (Å²) in [6.07, 6.45) is 0.677. The third-order valence-corrected chi connectivity index (χ3v) is 4.98. The molecule has 0 fully saturated rings. The molecule has 0 aliphatic rings. The highest BCUT2D eigenvalue weighted by Crippen LogP contribution is 2.22. The number of nitrogens with zero attached hydrogens (tertiary/aromatic N) is 1. The Morgan fingerprint density at radius 2 is 1.81 bits per heavy atom. The van der Waals surface area contributed by atoms with Gasteiger partial charge in [-0.1, -0.05) is 19.1 Å². The Kier molecular flexibility index (Phi) is 6.20. The number of sulfonamides is 1. The molecular weight excluding hydrogens is 359 g/mol. The van der Waals surface area contributed by atoms with Crippen molar-refractivity contribution < 1.29 is 22.3 Å². The Morgan fingerprint density at radius 3 is 2.35 bits per heavy atom. The van der Waals surface area contributed by atoms with Gasteiger partial charge in [0.25, 0.3) is 5.91 Å². The van der Waals surface area contributed by atoms with Crippen molar-refractivity contribution in [2.75, 3.05) is 22.9 Å². The number of hydrogen-bond donors (Lipinski definition) is 1. The normalized spacial score (nSPS) is 12.3. The van der Waals surface area contributed by atoms with Crippen LogP contribution in [0, 0.1) is 5.82 Å². The van der Waals surface area contributed by atoms with Gasteiger partial charge in [-0.2, -0.15) is 0 Å². The van der Waals surface area contributed by atoms with Gasteiger partial charge in [-0.05, 0) is 42.8 Å². The highest BCUT2D eigenvalue weighted by molar-refractivity contribution is 7.92. The van der Waals surface area contributed by atoms with Gasteiger partial charge >= 0.3 is 0 Å². The molecule has 6 nitrogen and oxygen atoms in total. The van der Waals surface area contributed by atoms with Crippen molar-refractivity contribution in [3.63, 3.8) is 0 Å². The molecule has 8 heteroatoms. The number of carbonyl (C=O) groups excluding carboxylic acids is 1. The van der Waals surface area contributed by atoms with Crippen molar-refractivity contribution in [3.8, 4) is 5.75 Å². The van der Waals surface area contributed by atoms with Crippen molar-refractivity contribution in [3.05, 3.63) is 54.3 Å². The average molecular weight is 380 g/mol. The number of benzene rings is 2. The number of nitrogens with one attached hydrogen (secondary N) is 1. The third kappa shape index (κ3) is 4.95. The smallest absolute Gasteiger partial charge is 0.265 e. The van der Waals surface area contributed by atoms with Gasteiger partial charge in [0, 0.05) is 7.05 Å². The van der Waals surface area contributed by atoms with Crippen LogP contribution in [-0.4, -0.2) is 33.7 Å². The first-order chi connectivity index (χ1) is 12.2. The van der Waals surface area contributed by atoms with E-state index in [9.17, 15) is 17.6 Å². The van der Waals surface area contributed by atoms with E-state index in [1.165, 1.54) is 25.2 Å². The molecular formula is C18H21FN2O4S. The van der Waals surface area contributed by atoms with Crippen LogP contribution in [0.5, 0.6) is 5.75 Å². The molecule has 1 atom stereocenters. The summed E-state index contributed by atoms with van der Waals surface area (Å²) in [5, 5.41) is 2.50. The number of carbonyl (C=O) groups is 1. The van der Waals surface area contributed by atoms with Crippen LogP contribution >= 0.6 is 0 Å². The molecule has 0 radical (unpaired) electrons. The molecule has 0 spiro atoms. The lowest BCUT2D eigenvalue weighted by molar-refractivity contribution is -0.122. The van der Waals surface area contributed by atoms with Crippen LogP contribution in [0.1, 0.15) is 13.3 Å². The molecule has 2 rings (SSSR count). The van der Waals surface area contributed by atoms with E-state index in [0.717, 1.165) is 10.6 Å². The fourth-order valence-corrected chi connectivity index (χ4v) is 2.69. The second-order valence-electron chi connectivity index (χ2n) is 5.71. The van der Waals surface area contributed by atoms with Crippen LogP contribution < -0.4 is 14.4 Å². The monoisotopic (exact) mass is 380 g/mol. The van der Waals surface area contributed by atoms with E-state index in [1.807, 2.05) is 0 Å². The molecule has 0 bridgehead atoms. The summed E-state index contributed by atoms with van der Waals surface area (Å²) < 4.78 is 43.5. The predicted octanol–water partition coefficient (Wildman–Crippen LogP) is 3.02. The lowest BCUT2D eigenvalue weighted by Crippen LogP contribution is -2.32. The highest BCUT2D eigenvalue weighted by Gasteiger charge is 2.20. The molecule has 1 N–H and O–H groups in total. The van der Waals surface area contributed by atoms with Crippen molar-refractivity contribution in [1.29, 1.82) is 0 Å². The largest absolute Gasteiger partial charge is 0.481 e. The second-order valence-corrected chi connectivity index (χ2v) is 7.72. The molecule has 0 aromatic heterocycles. The Balaban J connectivity index is 2.07. The fraction of sp³-hybridized carbons (Fsp3) is 0.278. The van der Waals surface area contributed by atoms with Crippen LogP contribution in [0.4, 0.5) is 15.8 Å². The van der Waals surface area contributed by atoms with Crippen LogP contribution in [0.15, 0.2) is 48.5 Å². The average Bonchev–Trinajstić information content (AvgIpc) is 2.60. The first-order valence-electron chi connectivity index (χ1n) is 7.98. The van der Waals surface area contributed by atoms with Gasteiger partial charge in [0.2, 0.25) is 10.0 Å².